The van der Waals surface area contributed by atoms with E-state index in [2.05, 4.69) is 24.1 Å². The third-order valence-electron chi connectivity index (χ3n) is 7.63. The molecule has 40 heavy (non-hydrogen) atoms. The van der Waals surface area contributed by atoms with Crippen molar-refractivity contribution in [3.8, 4) is 0 Å². The summed E-state index contributed by atoms with van der Waals surface area (Å²) in [7, 11) is -3.55. The van der Waals surface area contributed by atoms with Gasteiger partial charge < -0.3 is 10.1 Å². The van der Waals surface area contributed by atoms with Crippen LogP contribution in [0.4, 0.5) is 10.3 Å². The smallest absolute Gasteiger partial charge is 0.298 e. The fourth-order valence-electron chi connectivity index (χ4n) is 5.36. The largest absolute Gasteiger partial charge is 0.432 e. The molecule has 2 unspecified atom stereocenters. The lowest BCUT2D eigenvalue weighted by atomic mass is 9.97. The van der Waals surface area contributed by atoms with Gasteiger partial charge in [0.25, 0.3) is 6.02 Å². The Labute approximate surface area is 233 Å². The normalized spacial score (nSPS) is 21.4. The van der Waals surface area contributed by atoms with Gasteiger partial charge in [0.05, 0.1) is 10.6 Å². The van der Waals surface area contributed by atoms with Crippen molar-refractivity contribution < 1.29 is 17.5 Å². The molecule has 1 saturated heterocycles. The van der Waals surface area contributed by atoms with Gasteiger partial charge in [-0.15, -0.1) is 0 Å². The molecule has 0 bridgehead atoms. The van der Waals surface area contributed by atoms with Crippen LogP contribution in [0.5, 0.6) is 0 Å². The number of fused-ring (bicyclic) bond motifs is 1. The summed E-state index contributed by atoms with van der Waals surface area (Å²) in [5, 5.41) is 3.40. The van der Waals surface area contributed by atoms with Gasteiger partial charge in [0, 0.05) is 31.5 Å². The molecule has 11 heteroatoms. The zero-order chi connectivity index (χ0) is 27.9. The van der Waals surface area contributed by atoms with E-state index < -0.39 is 10.0 Å². The lowest BCUT2D eigenvalue weighted by Gasteiger charge is -2.32. The Kier molecular flexibility index (Phi) is 7.01. The zero-order valence-corrected chi connectivity index (χ0v) is 23.1. The minimum Gasteiger partial charge on any atom is -0.432 e. The number of hydrogen-bond donors (Lipinski definition) is 1. The first-order chi connectivity index (χ1) is 19.3. The molecule has 3 aliphatic heterocycles. The van der Waals surface area contributed by atoms with Crippen molar-refractivity contribution in [3.05, 3.63) is 95.9 Å². The Morgan fingerprint density at radius 3 is 2.45 bits per heavy atom. The van der Waals surface area contributed by atoms with Gasteiger partial charge in [-0.1, -0.05) is 38.1 Å². The van der Waals surface area contributed by atoms with Gasteiger partial charge in [-0.05, 0) is 60.2 Å². The monoisotopic (exact) mass is 562 g/mol. The number of aromatic nitrogens is 2. The van der Waals surface area contributed by atoms with E-state index in [1.807, 2.05) is 29.3 Å². The number of hydrogen-bond acceptors (Lipinski definition) is 8. The number of benzene rings is 2. The molecule has 0 amide bonds. The number of ether oxygens (including phenoxy) is 1. The van der Waals surface area contributed by atoms with Crippen LogP contribution in [-0.4, -0.2) is 52.7 Å². The first kappa shape index (κ1) is 26.4. The highest BCUT2D eigenvalue weighted by Crippen LogP contribution is 2.43. The summed E-state index contributed by atoms with van der Waals surface area (Å²) in [5.74, 6) is 0.508. The SMILES string of the molecule is CC(C)c1ccc(S(=O)(=O)N2CCC(Nc3nccc(C4C(c5ccc(F)cc5)N=C5OC=CN54)n3)CC2)cc1. The number of nitrogens with one attached hydrogen (secondary N) is 1. The van der Waals surface area contributed by atoms with Crippen molar-refractivity contribution in [2.75, 3.05) is 18.4 Å². The molecule has 0 radical (unpaired) electrons. The average molecular weight is 563 g/mol. The van der Waals surface area contributed by atoms with Gasteiger partial charge in [-0.25, -0.2) is 27.8 Å². The summed E-state index contributed by atoms with van der Waals surface area (Å²) in [5.41, 5.74) is 2.71. The van der Waals surface area contributed by atoms with Gasteiger partial charge >= 0.3 is 0 Å². The van der Waals surface area contributed by atoms with Crippen LogP contribution >= 0.6 is 0 Å². The molecule has 0 spiro atoms. The summed E-state index contributed by atoms with van der Waals surface area (Å²) in [6.45, 7) is 4.99. The lowest BCUT2D eigenvalue weighted by Crippen LogP contribution is -2.42. The third kappa shape index (κ3) is 5.06. The number of rotatable bonds is 7. The van der Waals surface area contributed by atoms with Crippen LogP contribution < -0.4 is 5.32 Å². The highest BCUT2D eigenvalue weighted by Gasteiger charge is 2.41. The number of amidine groups is 1. The Balaban J connectivity index is 1.14. The number of nitrogens with zero attached hydrogens (tertiary/aromatic N) is 5. The Hall–Kier alpha value is -3.83. The van der Waals surface area contributed by atoms with Crippen molar-refractivity contribution in [2.24, 2.45) is 4.99 Å². The second-order valence-electron chi connectivity index (χ2n) is 10.5. The number of aliphatic imine (C=N–C) groups is 1. The second kappa shape index (κ2) is 10.6. The Morgan fingerprint density at radius 2 is 1.75 bits per heavy atom. The Morgan fingerprint density at radius 1 is 1.02 bits per heavy atom. The van der Waals surface area contributed by atoms with Crippen molar-refractivity contribution in [1.29, 1.82) is 0 Å². The van der Waals surface area contributed by atoms with Crippen LogP contribution in [0.15, 0.2) is 83.1 Å². The molecule has 2 aromatic carbocycles. The fraction of sp³-hybridized carbons (Fsp3) is 0.345. The van der Waals surface area contributed by atoms with Crippen molar-refractivity contribution in [2.45, 2.75) is 55.6 Å². The molecule has 2 atom stereocenters. The molecule has 208 valence electrons. The quantitative estimate of drug-likeness (QED) is 0.435. The summed E-state index contributed by atoms with van der Waals surface area (Å²) in [6, 6.07) is 15.2. The summed E-state index contributed by atoms with van der Waals surface area (Å²) in [6.07, 6.45) is 6.36. The van der Waals surface area contributed by atoms with E-state index in [1.54, 1.807) is 41.0 Å². The maximum Gasteiger partial charge on any atom is 0.298 e. The maximum atomic E-state index is 13.6. The number of sulfonamides is 1. The molecule has 4 heterocycles. The predicted molar refractivity (Wildman–Crippen MR) is 149 cm³/mol. The minimum atomic E-state index is -3.55. The molecule has 1 aromatic heterocycles. The standard InChI is InChI=1S/C29H31FN6O3S/c1-19(2)20-5-9-24(10-6-20)40(37,38)35-15-12-23(13-16-35)32-28-31-14-11-25(33-28)27-26(21-3-7-22(30)8-4-21)34-29-36(27)17-18-39-29/h3-11,14,17-19,23,26-27H,12-13,15-16H2,1-2H3,(H,31,32,33). The fourth-order valence-corrected chi connectivity index (χ4v) is 6.83. The molecule has 1 N–H and O–H groups in total. The number of halogens is 1. The molecular weight excluding hydrogens is 531 g/mol. The first-order valence-electron chi connectivity index (χ1n) is 13.4. The lowest BCUT2D eigenvalue weighted by molar-refractivity contribution is 0.329. The number of anilines is 1. The first-order valence-corrected chi connectivity index (χ1v) is 14.9. The van der Waals surface area contributed by atoms with Gasteiger partial charge in [-0.3, -0.25) is 4.90 Å². The molecule has 3 aromatic rings. The van der Waals surface area contributed by atoms with Crippen molar-refractivity contribution in [1.82, 2.24) is 19.2 Å². The van der Waals surface area contributed by atoms with E-state index in [0.29, 0.717) is 48.7 Å². The average Bonchev–Trinajstić information content (AvgIpc) is 3.56. The zero-order valence-electron chi connectivity index (χ0n) is 22.3. The summed E-state index contributed by atoms with van der Waals surface area (Å²) < 4.78 is 47.1. The Bertz CT molecular complexity index is 1530. The molecule has 0 saturated carbocycles. The van der Waals surface area contributed by atoms with Crippen LogP contribution in [0.3, 0.4) is 0 Å². The molecule has 1 fully saturated rings. The van der Waals surface area contributed by atoms with E-state index in [9.17, 15) is 12.8 Å². The van der Waals surface area contributed by atoms with Gasteiger partial charge in [0.2, 0.25) is 16.0 Å². The summed E-state index contributed by atoms with van der Waals surface area (Å²) in [4.78, 5) is 16.2. The molecule has 0 aliphatic carbocycles. The topological polar surface area (TPSA) is 100 Å². The van der Waals surface area contributed by atoms with Crippen molar-refractivity contribution >= 4 is 22.0 Å². The molecule has 6 rings (SSSR count). The van der Waals surface area contributed by atoms with Gasteiger partial charge in [0.15, 0.2) is 0 Å². The van der Waals surface area contributed by atoms with E-state index in [-0.39, 0.29) is 23.9 Å². The summed E-state index contributed by atoms with van der Waals surface area (Å²) >= 11 is 0. The maximum absolute atomic E-state index is 13.6. The predicted octanol–water partition coefficient (Wildman–Crippen LogP) is 4.96. The van der Waals surface area contributed by atoms with Crippen LogP contribution in [0, 0.1) is 5.82 Å². The molecule has 9 nitrogen and oxygen atoms in total. The highest BCUT2D eigenvalue weighted by molar-refractivity contribution is 7.89. The molecule has 3 aliphatic rings. The third-order valence-corrected chi connectivity index (χ3v) is 9.54. The van der Waals surface area contributed by atoms with Crippen LogP contribution in [0.2, 0.25) is 0 Å². The van der Waals surface area contributed by atoms with E-state index in [0.717, 1.165) is 16.8 Å². The van der Waals surface area contributed by atoms with Crippen LogP contribution in [-0.2, 0) is 14.8 Å². The van der Waals surface area contributed by atoms with E-state index >= 15 is 0 Å². The van der Waals surface area contributed by atoms with Crippen LogP contribution in [0.25, 0.3) is 0 Å². The van der Waals surface area contributed by atoms with Gasteiger partial charge in [0.1, 0.15) is 24.2 Å². The van der Waals surface area contributed by atoms with Crippen molar-refractivity contribution in [3.63, 3.8) is 0 Å². The van der Waals surface area contributed by atoms with Crippen LogP contribution in [0.1, 0.15) is 61.5 Å². The highest BCUT2D eigenvalue weighted by atomic mass is 32.2. The van der Waals surface area contributed by atoms with E-state index in [1.165, 1.54) is 12.1 Å². The second-order valence-corrected chi connectivity index (χ2v) is 12.5. The van der Waals surface area contributed by atoms with E-state index in [4.69, 9.17) is 14.7 Å². The molecular formula is C29H31FN6O3S. The van der Waals surface area contributed by atoms with Gasteiger partial charge in [-0.2, -0.15) is 4.31 Å². The number of piperidine rings is 1. The minimum absolute atomic E-state index is 0.0308.